The minimum Gasteiger partial charge on any atom is -0.470 e. The number of fused-ring (bicyclic) bond motifs is 1. The third kappa shape index (κ3) is 4.85. The second-order valence-electron chi connectivity index (χ2n) is 7.83. The van der Waals surface area contributed by atoms with Gasteiger partial charge in [0.25, 0.3) is 0 Å². The summed E-state index contributed by atoms with van der Waals surface area (Å²) >= 11 is 5.97. The molecule has 3 aromatic heterocycles. The number of hydrogen-bond acceptors (Lipinski definition) is 5. The maximum absolute atomic E-state index is 13.2. The van der Waals surface area contributed by atoms with Crippen molar-refractivity contribution in [2.24, 2.45) is 0 Å². The average molecular weight is 491 g/mol. The quantitative estimate of drug-likeness (QED) is 0.344. The van der Waals surface area contributed by atoms with Gasteiger partial charge in [0, 0.05) is 11.6 Å². The summed E-state index contributed by atoms with van der Waals surface area (Å²) in [7, 11) is 0. The summed E-state index contributed by atoms with van der Waals surface area (Å²) in [4.78, 5) is 17.2. The Kier molecular flexibility index (Phi) is 6.15. The van der Waals surface area contributed by atoms with Crippen molar-refractivity contribution in [1.29, 1.82) is 0 Å². The number of anilines is 1. The minimum atomic E-state index is -0.446. The Morgan fingerprint density at radius 3 is 2.80 bits per heavy atom. The van der Waals surface area contributed by atoms with Crippen molar-refractivity contribution >= 4 is 34.2 Å². The highest BCUT2D eigenvalue weighted by Crippen LogP contribution is 2.29. The molecule has 8 nitrogen and oxygen atoms in total. The summed E-state index contributed by atoms with van der Waals surface area (Å²) < 4.78 is 21.8. The van der Waals surface area contributed by atoms with Crippen molar-refractivity contribution in [1.82, 2.24) is 24.5 Å². The van der Waals surface area contributed by atoms with Gasteiger partial charge in [-0.3, -0.25) is 4.79 Å². The van der Waals surface area contributed by atoms with Gasteiger partial charge in [-0.1, -0.05) is 41.9 Å². The number of benzene rings is 2. The number of nitrogens with one attached hydrogen (secondary N) is 1. The molecule has 0 radical (unpaired) electrons. The molecule has 5 aromatic rings. The Morgan fingerprint density at radius 1 is 1.17 bits per heavy atom. The zero-order valence-corrected chi connectivity index (χ0v) is 19.4. The SMILES string of the molecule is Cc1nn(CC(=O)Nc2cnn(COc3ccc(F)cc3Cl)c2)c2nccc(-c3ccccc3)c12. The van der Waals surface area contributed by atoms with Gasteiger partial charge in [-0.15, -0.1) is 0 Å². The molecule has 0 unspecified atom stereocenters. The van der Waals surface area contributed by atoms with Crippen LogP contribution < -0.4 is 10.1 Å². The molecule has 0 saturated carbocycles. The molecule has 0 spiro atoms. The van der Waals surface area contributed by atoms with E-state index in [0.29, 0.717) is 17.1 Å². The second-order valence-corrected chi connectivity index (χ2v) is 8.24. The topological polar surface area (TPSA) is 86.9 Å². The van der Waals surface area contributed by atoms with Crippen LogP contribution >= 0.6 is 11.6 Å². The number of carbonyl (C=O) groups is 1. The molecule has 0 saturated heterocycles. The van der Waals surface area contributed by atoms with E-state index in [1.165, 1.54) is 29.1 Å². The lowest BCUT2D eigenvalue weighted by Gasteiger charge is -2.08. The lowest BCUT2D eigenvalue weighted by Crippen LogP contribution is -2.19. The molecule has 1 amide bonds. The molecule has 10 heteroatoms. The summed E-state index contributed by atoms with van der Waals surface area (Å²) in [5, 5.41) is 12.6. The highest BCUT2D eigenvalue weighted by atomic mass is 35.5. The van der Waals surface area contributed by atoms with Crippen molar-refractivity contribution in [2.45, 2.75) is 20.2 Å². The molecule has 0 fully saturated rings. The van der Waals surface area contributed by atoms with Gasteiger partial charge in [-0.05, 0) is 42.3 Å². The van der Waals surface area contributed by atoms with Crippen LogP contribution in [0.5, 0.6) is 5.75 Å². The van der Waals surface area contributed by atoms with Crippen molar-refractivity contribution in [3.63, 3.8) is 0 Å². The van der Waals surface area contributed by atoms with Gasteiger partial charge in [-0.2, -0.15) is 10.2 Å². The molecule has 3 heterocycles. The highest BCUT2D eigenvalue weighted by molar-refractivity contribution is 6.32. The molecule has 1 N–H and O–H groups in total. The molecule has 0 aliphatic carbocycles. The van der Waals surface area contributed by atoms with Crippen LogP contribution in [0.4, 0.5) is 10.1 Å². The molecule has 0 aliphatic heterocycles. The third-order valence-electron chi connectivity index (χ3n) is 5.35. The molecule has 0 aliphatic rings. The first-order chi connectivity index (χ1) is 17.0. The van der Waals surface area contributed by atoms with Gasteiger partial charge < -0.3 is 10.1 Å². The predicted molar refractivity (Wildman–Crippen MR) is 131 cm³/mol. The Balaban J connectivity index is 1.27. The van der Waals surface area contributed by atoms with Gasteiger partial charge in [0.2, 0.25) is 5.91 Å². The fraction of sp³-hybridized carbons (Fsp3) is 0.120. The third-order valence-corrected chi connectivity index (χ3v) is 5.64. The van der Waals surface area contributed by atoms with E-state index in [4.69, 9.17) is 16.3 Å². The monoisotopic (exact) mass is 490 g/mol. The molecular weight excluding hydrogens is 471 g/mol. The Labute approximate surface area is 204 Å². The van der Waals surface area contributed by atoms with Crippen molar-refractivity contribution in [2.75, 3.05) is 5.32 Å². The van der Waals surface area contributed by atoms with E-state index in [9.17, 15) is 9.18 Å². The van der Waals surface area contributed by atoms with Crippen LogP contribution in [0.15, 0.2) is 73.2 Å². The van der Waals surface area contributed by atoms with E-state index in [1.54, 1.807) is 17.1 Å². The lowest BCUT2D eigenvalue weighted by atomic mass is 10.0. The van der Waals surface area contributed by atoms with E-state index in [-0.39, 0.29) is 24.2 Å². The Morgan fingerprint density at radius 2 is 2.00 bits per heavy atom. The number of halogens is 2. The highest BCUT2D eigenvalue weighted by Gasteiger charge is 2.16. The molecule has 35 heavy (non-hydrogen) atoms. The molecular formula is C25H20ClFN6O2. The van der Waals surface area contributed by atoms with E-state index < -0.39 is 5.82 Å². The minimum absolute atomic E-state index is 0.0115. The van der Waals surface area contributed by atoms with Gasteiger partial charge in [0.05, 0.1) is 28.8 Å². The number of pyridine rings is 1. The lowest BCUT2D eigenvalue weighted by molar-refractivity contribution is -0.116. The second kappa shape index (κ2) is 9.55. The molecule has 0 atom stereocenters. The smallest absolute Gasteiger partial charge is 0.246 e. The number of hydrogen-bond donors (Lipinski definition) is 1. The largest absolute Gasteiger partial charge is 0.470 e. The molecule has 2 aromatic carbocycles. The standard InChI is InChI=1S/C25H20ClFN6O2/c1-16-24-20(17-5-3-2-4-6-17)9-10-28-25(24)33(31-16)14-23(34)30-19-12-29-32(13-19)15-35-22-8-7-18(27)11-21(22)26/h2-13H,14-15H2,1H3,(H,30,34). The van der Waals surface area contributed by atoms with Gasteiger partial charge in [-0.25, -0.2) is 18.7 Å². The van der Waals surface area contributed by atoms with Crippen LogP contribution in [0.25, 0.3) is 22.2 Å². The number of rotatable bonds is 7. The summed E-state index contributed by atoms with van der Waals surface area (Å²) in [6.07, 6.45) is 4.84. The van der Waals surface area contributed by atoms with Crippen LogP contribution in [-0.4, -0.2) is 30.5 Å². The molecule has 176 valence electrons. The fourth-order valence-electron chi connectivity index (χ4n) is 3.81. The van der Waals surface area contributed by atoms with E-state index in [2.05, 4.69) is 20.5 Å². The first-order valence-corrected chi connectivity index (χ1v) is 11.1. The maximum atomic E-state index is 13.2. The van der Waals surface area contributed by atoms with Gasteiger partial charge >= 0.3 is 0 Å². The van der Waals surface area contributed by atoms with Gasteiger partial charge in [0.1, 0.15) is 18.1 Å². The van der Waals surface area contributed by atoms with E-state index in [0.717, 1.165) is 22.2 Å². The summed E-state index contributed by atoms with van der Waals surface area (Å²) in [6.45, 7) is 1.93. The van der Waals surface area contributed by atoms with Crippen molar-refractivity contribution < 1.29 is 13.9 Å². The van der Waals surface area contributed by atoms with E-state index in [1.807, 2.05) is 43.3 Å². The average Bonchev–Trinajstić information content (AvgIpc) is 3.43. The summed E-state index contributed by atoms with van der Waals surface area (Å²) in [5.41, 5.74) is 4.00. The number of ether oxygens (including phenoxy) is 1. The zero-order chi connectivity index (χ0) is 24.4. The first kappa shape index (κ1) is 22.5. The van der Waals surface area contributed by atoms with Crippen LogP contribution in [0.1, 0.15) is 5.69 Å². The number of aromatic nitrogens is 5. The Bertz CT molecular complexity index is 1520. The van der Waals surface area contributed by atoms with Crippen LogP contribution in [-0.2, 0) is 18.1 Å². The van der Waals surface area contributed by atoms with Gasteiger partial charge in [0.15, 0.2) is 12.4 Å². The van der Waals surface area contributed by atoms with Crippen LogP contribution in [0.2, 0.25) is 5.02 Å². The zero-order valence-electron chi connectivity index (χ0n) is 18.7. The van der Waals surface area contributed by atoms with Crippen LogP contribution in [0.3, 0.4) is 0 Å². The van der Waals surface area contributed by atoms with Crippen LogP contribution in [0, 0.1) is 12.7 Å². The number of amides is 1. The summed E-state index contributed by atoms with van der Waals surface area (Å²) in [6, 6.07) is 15.8. The summed E-state index contributed by atoms with van der Waals surface area (Å²) in [5.74, 6) is -0.390. The van der Waals surface area contributed by atoms with Crippen molar-refractivity contribution in [3.05, 3.63) is 89.7 Å². The number of carbonyl (C=O) groups excluding carboxylic acids is 1. The number of nitrogens with zero attached hydrogens (tertiary/aromatic N) is 5. The normalized spacial score (nSPS) is 11.1. The van der Waals surface area contributed by atoms with Crippen molar-refractivity contribution in [3.8, 4) is 16.9 Å². The molecule has 5 rings (SSSR count). The number of aryl methyl sites for hydroxylation is 1. The predicted octanol–water partition coefficient (Wildman–Crippen LogP) is 5.07. The first-order valence-electron chi connectivity index (χ1n) is 10.8. The van der Waals surface area contributed by atoms with E-state index >= 15 is 0 Å². The fourth-order valence-corrected chi connectivity index (χ4v) is 4.04. The maximum Gasteiger partial charge on any atom is 0.246 e. The Hall–Kier alpha value is -4.24. The molecule has 0 bridgehead atoms.